The molecule has 0 radical (unpaired) electrons. The summed E-state index contributed by atoms with van der Waals surface area (Å²) >= 11 is 0. The molecule has 0 atom stereocenters. The van der Waals surface area contributed by atoms with Gasteiger partial charge in [0.2, 0.25) is 0 Å². The molecule has 10 heteroatoms. The van der Waals surface area contributed by atoms with Crippen LogP contribution in [0.3, 0.4) is 0 Å². The summed E-state index contributed by atoms with van der Waals surface area (Å²) in [6.45, 7) is 0. The first-order chi connectivity index (χ1) is 9.43. The zero-order valence-corrected chi connectivity index (χ0v) is 10.3. The number of rotatable bonds is 4. The van der Waals surface area contributed by atoms with Gasteiger partial charge in [0.1, 0.15) is 0 Å². The van der Waals surface area contributed by atoms with Crippen LogP contribution >= 0.6 is 0 Å². The van der Waals surface area contributed by atoms with Crippen molar-refractivity contribution in [3.05, 3.63) is 5.82 Å². The molecule has 1 aliphatic rings. The molecule has 2 aromatic rings. The Balaban J connectivity index is 1.67. The molecule has 2 heterocycles. The largest absolute Gasteiger partial charge is 0.283 e. The lowest BCUT2D eigenvalue weighted by Crippen LogP contribution is -2.17. The lowest BCUT2D eigenvalue weighted by Gasteiger charge is -2.21. The van der Waals surface area contributed by atoms with E-state index in [1.54, 1.807) is 6.21 Å². The third-order valence-electron chi connectivity index (χ3n) is 3.13. The highest BCUT2D eigenvalue weighted by atomic mass is 15.6. The van der Waals surface area contributed by atoms with Gasteiger partial charge in [-0.3, -0.25) is 0 Å². The van der Waals surface area contributed by atoms with Crippen molar-refractivity contribution >= 4 is 12.2 Å². The van der Waals surface area contributed by atoms with Gasteiger partial charge in [0.15, 0.2) is 5.82 Å². The van der Waals surface area contributed by atoms with Crippen molar-refractivity contribution in [1.82, 2.24) is 40.8 Å². The molecule has 0 spiro atoms. The van der Waals surface area contributed by atoms with Gasteiger partial charge in [0.05, 0.1) is 12.3 Å². The number of nitrogens with zero attached hydrogens (tertiary/aromatic N) is 8. The minimum absolute atomic E-state index is 0.299. The predicted octanol–water partition coefficient (Wildman–Crippen LogP) is 0.137. The topological polar surface area (TPSA) is 122 Å². The van der Waals surface area contributed by atoms with Crippen molar-refractivity contribution in [2.75, 3.05) is 5.43 Å². The Hall–Kier alpha value is -2.39. The normalized spacial score (nSPS) is 17.1. The number of aromatic nitrogens is 8. The Morgan fingerprint density at radius 3 is 2.95 bits per heavy atom. The van der Waals surface area contributed by atoms with Gasteiger partial charge in [-0.25, -0.2) is 10.1 Å². The van der Waals surface area contributed by atoms with Crippen molar-refractivity contribution in [1.29, 1.82) is 0 Å². The molecular weight excluding hydrogens is 248 g/mol. The van der Waals surface area contributed by atoms with Gasteiger partial charge in [-0.1, -0.05) is 24.4 Å². The van der Waals surface area contributed by atoms with Crippen LogP contribution in [-0.4, -0.2) is 47.0 Å². The fraction of sp³-hybridized carbons (Fsp3) is 0.667. The van der Waals surface area contributed by atoms with E-state index in [0.717, 1.165) is 12.8 Å². The number of H-pyrrole nitrogens is 1. The molecule has 0 saturated heterocycles. The van der Waals surface area contributed by atoms with E-state index in [1.165, 1.54) is 19.3 Å². The van der Waals surface area contributed by atoms with Crippen LogP contribution in [0.25, 0.3) is 0 Å². The second-order valence-electron chi connectivity index (χ2n) is 4.38. The van der Waals surface area contributed by atoms with E-state index in [0.29, 0.717) is 17.8 Å². The first-order valence-corrected chi connectivity index (χ1v) is 6.24. The second kappa shape index (κ2) is 5.50. The van der Waals surface area contributed by atoms with E-state index in [-0.39, 0.29) is 0 Å². The highest BCUT2D eigenvalue weighted by molar-refractivity contribution is 5.74. The van der Waals surface area contributed by atoms with E-state index < -0.39 is 0 Å². The zero-order valence-electron chi connectivity index (χ0n) is 10.3. The fourth-order valence-corrected chi connectivity index (χ4v) is 2.23. The minimum atomic E-state index is 0.299. The van der Waals surface area contributed by atoms with Crippen molar-refractivity contribution in [3.63, 3.8) is 0 Å². The second-order valence-corrected chi connectivity index (χ2v) is 4.38. The maximum absolute atomic E-state index is 4.04. The number of hydrogen-bond donors (Lipinski definition) is 2. The molecule has 10 nitrogen and oxygen atoms in total. The molecule has 0 unspecified atom stereocenters. The average Bonchev–Trinajstić information content (AvgIpc) is 3.11. The smallest absolute Gasteiger partial charge is 0.242 e. The van der Waals surface area contributed by atoms with Crippen molar-refractivity contribution in [2.24, 2.45) is 5.10 Å². The molecule has 1 fully saturated rings. The van der Waals surface area contributed by atoms with Crippen molar-refractivity contribution < 1.29 is 0 Å². The van der Waals surface area contributed by atoms with E-state index >= 15 is 0 Å². The minimum Gasteiger partial charge on any atom is -0.242 e. The van der Waals surface area contributed by atoms with Gasteiger partial charge in [0, 0.05) is 0 Å². The molecule has 1 aliphatic carbocycles. The first kappa shape index (κ1) is 11.7. The molecule has 1 saturated carbocycles. The summed E-state index contributed by atoms with van der Waals surface area (Å²) in [5, 5.41) is 28.9. The molecule has 19 heavy (non-hydrogen) atoms. The molecule has 0 bridgehead atoms. The number of anilines is 1. The van der Waals surface area contributed by atoms with Gasteiger partial charge in [0.25, 0.3) is 5.95 Å². The Labute approximate surface area is 108 Å². The SMILES string of the molecule is C(=N\Nc1nn[nH]n1)/c1nnnn1C1CCCCC1. The van der Waals surface area contributed by atoms with Gasteiger partial charge in [-0.05, 0) is 28.5 Å². The molecular formula is C9H14N10. The summed E-state index contributed by atoms with van der Waals surface area (Å²) in [5.41, 5.74) is 2.64. The Morgan fingerprint density at radius 1 is 1.26 bits per heavy atom. The van der Waals surface area contributed by atoms with Gasteiger partial charge in [-0.2, -0.15) is 10.3 Å². The van der Waals surface area contributed by atoms with Crippen LogP contribution < -0.4 is 5.43 Å². The van der Waals surface area contributed by atoms with Crippen molar-refractivity contribution in [3.8, 4) is 0 Å². The molecule has 0 aromatic carbocycles. The zero-order chi connectivity index (χ0) is 12.9. The number of nitrogens with one attached hydrogen (secondary N) is 2. The summed E-state index contributed by atoms with van der Waals surface area (Å²) in [6.07, 6.45) is 7.53. The molecule has 0 amide bonds. The first-order valence-electron chi connectivity index (χ1n) is 6.24. The lowest BCUT2D eigenvalue weighted by molar-refractivity contribution is 0.323. The highest BCUT2D eigenvalue weighted by Crippen LogP contribution is 2.27. The van der Waals surface area contributed by atoms with E-state index in [9.17, 15) is 0 Å². The Kier molecular flexibility index (Phi) is 3.38. The van der Waals surface area contributed by atoms with E-state index in [1.807, 2.05) is 4.68 Å². The quantitative estimate of drug-likeness (QED) is 0.593. The summed E-state index contributed by atoms with van der Waals surface area (Å²) in [6, 6.07) is 0.371. The van der Waals surface area contributed by atoms with E-state index in [4.69, 9.17) is 0 Å². The molecule has 2 aromatic heterocycles. The van der Waals surface area contributed by atoms with Crippen LogP contribution in [0.4, 0.5) is 5.95 Å². The molecule has 3 rings (SSSR count). The summed E-state index contributed by atoms with van der Waals surface area (Å²) in [5.74, 6) is 0.927. The number of hydrogen-bond acceptors (Lipinski definition) is 8. The number of aromatic amines is 1. The summed E-state index contributed by atoms with van der Waals surface area (Å²) in [7, 11) is 0. The monoisotopic (exact) mass is 262 g/mol. The van der Waals surface area contributed by atoms with Gasteiger partial charge < -0.3 is 0 Å². The van der Waals surface area contributed by atoms with Crippen LogP contribution in [0.5, 0.6) is 0 Å². The maximum Gasteiger partial charge on any atom is 0.283 e. The number of tetrazole rings is 2. The van der Waals surface area contributed by atoms with E-state index in [2.05, 4.69) is 46.7 Å². The summed E-state index contributed by atoms with van der Waals surface area (Å²) < 4.78 is 1.83. The number of hydrazone groups is 1. The fourth-order valence-electron chi connectivity index (χ4n) is 2.23. The highest BCUT2D eigenvalue weighted by Gasteiger charge is 2.19. The van der Waals surface area contributed by atoms with Crippen LogP contribution in [0.15, 0.2) is 5.10 Å². The lowest BCUT2D eigenvalue weighted by atomic mass is 9.96. The Bertz CT molecular complexity index is 523. The average molecular weight is 262 g/mol. The van der Waals surface area contributed by atoms with Gasteiger partial charge in [-0.15, -0.1) is 10.2 Å². The van der Waals surface area contributed by atoms with Gasteiger partial charge >= 0.3 is 0 Å². The molecule has 100 valence electrons. The van der Waals surface area contributed by atoms with Crippen LogP contribution in [-0.2, 0) is 0 Å². The standard InChI is InChI=1S/C9H14N10/c1-2-4-7(5-3-1)19-8(11-17-18-19)6-10-12-9-13-15-16-14-9/h6-7H,1-5H2,(H2,12,13,14,15,16)/b10-6+. The maximum atomic E-state index is 4.04. The molecule has 2 N–H and O–H groups in total. The predicted molar refractivity (Wildman–Crippen MR) is 65.3 cm³/mol. The third-order valence-corrected chi connectivity index (χ3v) is 3.13. The van der Waals surface area contributed by atoms with Crippen LogP contribution in [0.2, 0.25) is 0 Å². The van der Waals surface area contributed by atoms with Crippen LogP contribution in [0.1, 0.15) is 44.0 Å². The Morgan fingerprint density at radius 2 is 2.16 bits per heavy atom. The third kappa shape index (κ3) is 2.72. The summed E-state index contributed by atoms with van der Waals surface area (Å²) in [4.78, 5) is 0. The van der Waals surface area contributed by atoms with Crippen molar-refractivity contribution in [2.45, 2.75) is 38.1 Å². The van der Waals surface area contributed by atoms with Crippen LogP contribution in [0, 0.1) is 0 Å². The molecule has 0 aliphatic heterocycles.